The Balaban J connectivity index is 2.24. The van der Waals surface area contributed by atoms with Crippen molar-refractivity contribution in [3.05, 3.63) is 67.7 Å². The predicted molar refractivity (Wildman–Crippen MR) is 86.5 cm³/mol. The van der Waals surface area contributed by atoms with Gasteiger partial charge in [-0.15, -0.1) is 0 Å². The second kappa shape index (κ2) is 7.11. The first-order valence-corrected chi connectivity index (χ1v) is 7.79. The average molecular weight is 391 g/mol. The van der Waals surface area contributed by atoms with Crippen LogP contribution in [0.15, 0.2) is 36.4 Å². The van der Waals surface area contributed by atoms with Crippen LogP contribution in [-0.4, -0.2) is 4.92 Å². The summed E-state index contributed by atoms with van der Waals surface area (Å²) < 4.78 is 5.66. The van der Waals surface area contributed by atoms with Crippen LogP contribution >= 0.6 is 39.1 Å². The number of nitrogens with zero attached hydrogens (tertiary/aromatic N) is 1. The summed E-state index contributed by atoms with van der Waals surface area (Å²) >= 11 is 15.1. The standard InChI is InChI=1S/C14H10BrCl2NO3/c15-7-9-5-12(17)2-4-14(9)21-8-10-6-11(16)1-3-13(10)18(19)20/h1-6H,7-8H2. The zero-order valence-corrected chi connectivity index (χ0v) is 13.8. The Morgan fingerprint density at radius 3 is 2.33 bits per heavy atom. The molecule has 0 amide bonds. The van der Waals surface area contributed by atoms with Gasteiger partial charge in [0.2, 0.25) is 0 Å². The number of hydrogen-bond donors (Lipinski definition) is 0. The van der Waals surface area contributed by atoms with Gasteiger partial charge in [0.15, 0.2) is 0 Å². The smallest absolute Gasteiger partial charge is 0.276 e. The maximum Gasteiger partial charge on any atom is 0.276 e. The molecule has 0 atom stereocenters. The molecule has 110 valence electrons. The lowest BCUT2D eigenvalue weighted by Crippen LogP contribution is -2.02. The lowest BCUT2D eigenvalue weighted by molar-refractivity contribution is -0.385. The normalized spacial score (nSPS) is 10.4. The largest absolute Gasteiger partial charge is 0.488 e. The van der Waals surface area contributed by atoms with E-state index in [2.05, 4.69) is 15.9 Å². The molecule has 7 heteroatoms. The summed E-state index contributed by atoms with van der Waals surface area (Å²) in [5.41, 5.74) is 1.27. The van der Waals surface area contributed by atoms with E-state index < -0.39 is 4.92 Å². The molecule has 0 aromatic heterocycles. The molecule has 0 fully saturated rings. The Morgan fingerprint density at radius 2 is 1.71 bits per heavy atom. The van der Waals surface area contributed by atoms with Crippen molar-refractivity contribution in [3.63, 3.8) is 0 Å². The summed E-state index contributed by atoms with van der Waals surface area (Å²) in [6, 6.07) is 9.59. The average Bonchev–Trinajstić information content (AvgIpc) is 2.45. The Labute approximate surface area is 139 Å². The lowest BCUT2D eigenvalue weighted by atomic mass is 10.2. The fourth-order valence-corrected chi connectivity index (χ4v) is 2.62. The van der Waals surface area contributed by atoms with Crippen molar-refractivity contribution in [1.29, 1.82) is 0 Å². The molecule has 2 aromatic rings. The van der Waals surface area contributed by atoms with Crippen LogP contribution in [0.5, 0.6) is 5.75 Å². The molecule has 0 radical (unpaired) electrons. The van der Waals surface area contributed by atoms with Crippen LogP contribution in [0.3, 0.4) is 0 Å². The minimum absolute atomic E-state index is 0.0197. The molecular formula is C14H10BrCl2NO3. The maximum atomic E-state index is 11.0. The highest BCUT2D eigenvalue weighted by Gasteiger charge is 2.15. The first-order valence-electron chi connectivity index (χ1n) is 5.91. The van der Waals surface area contributed by atoms with Crippen molar-refractivity contribution in [3.8, 4) is 5.75 Å². The minimum atomic E-state index is -0.456. The Hall–Kier alpha value is -1.30. The van der Waals surface area contributed by atoms with Crippen LogP contribution in [0.2, 0.25) is 10.0 Å². The molecule has 21 heavy (non-hydrogen) atoms. The second-order valence-electron chi connectivity index (χ2n) is 4.20. The molecule has 0 N–H and O–H groups in total. The lowest BCUT2D eigenvalue weighted by Gasteiger charge is -2.11. The number of rotatable bonds is 5. The highest BCUT2D eigenvalue weighted by Crippen LogP contribution is 2.28. The van der Waals surface area contributed by atoms with E-state index in [0.29, 0.717) is 26.7 Å². The van der Waals surface area contributed by atoms with E-state index in [4.69, 9.17) is 27.9 Å². The van der Waals surface area contributed by atoms with Crippen molar-refractivity contribution in [1.82, 2.24) is 0 Å². The van der Waals surface area contributed by atoms with Gasteiger partial charge in [-0.25, -0.2) is 0 Å². The van der Waals surface area contributed by atoms with Crippen molar-refractivity contribution >= 4 is 44.8 Å². The van der Waals surface area contributed by atoms with Gasteiger partial charge in [-0.05, 0) is 30.3 Å². The third kappa shape index (κ3) is 4.09. The summed E-state index contributed by atoms with van der Waals surface area (Å²) in [5.74, 6) is 0.616. The summed E-state index contributed by atoms with van der Waals surface area (Å²) in [5, 5.41) is 12.6. The number of alkyl halides is 1. The maximum absolute atomic E-state index is 11.0. The Morgan fingerprint density at radius 1 is 1.10 bits per heavy atom. The molecule has 0 bridgehead atoms. The molecule has 0 spiro atoms. The number of benzene rings is 2. The van der Waals surface area contributed by atoms with Crippen molar-refractivity contribution in [2.45, 2.75) is 11.9 Å². The zero-order valence-electron chi connectivity index (χ0n) is 10.7. The molecule has 0 unspecified atom stereocenters. The Kier molecular flexibility index (Phi) is 5.45. The molecule has 0 aliphatic heterocycles. The Bertz CT molecular complexity index is 679. The van der Waals surface area contributed by atoms with Gasteiger partial charge < -0.3 is 4.74 Å². The van der Waals surface area contributed by atoms with E-state index in [-0.39, 0.29) is 12.3 Å². The molecule has 0 saturated heterocycles. The van der Waals surface area contributed by atoms with Gasteiger partial charge >= 0.3 is 0 Å². The van der Waals surface area contributed by atoms with Crippen molar-refractivity contribution in [2.75, 3.05) is 0 Å². The highest BCUT2D eigenvalue weighted by atomic mass is 79.9. The topological polar surface area (TPSA) is 52.4 Å². The molecule has 0 aliphatic rings. The number of nitro groups is 1. The van der Waals surface area contributed by atoms with E-state index in [0.717, 1.165) is 5.56 Å². The third-order valence-electron chi connectivity index (χ3n) is 2.79. The molecule has 2 rings (SSSR count). The van der Waals surface area contributed by atoms with Gasteiger partial charge in [0.25, 0.3) is 5.69 Å². The molecule has 0 aliphatic carbocycles. The van der Waals surface area contributed by atoms with Crippen LogP contribution in [0.4, 0.5) is 5.69 Å². The monoisotopic (exact) mass is 389 g/mol. The third-order valence-corrected chi connectivity index (χ3v) is 3.86. The van der Waals surface area contributed by atoms with Crippen molar-refractivity contribution in [2.24, 2.45) is 0 Å². The fourth-order valence-electron chi connectivity index (χ4n) is 1.80. The van der Waals surface area contributed by atoms with Crippen LogP contribution in [0.1, 0.15) is 11.1 Å². The first-order chi connectivity index (χ1) is 10.0. The minimum Gasteiger partial charge on any atom is -0.488 e. The summed E-state index contributed by atoms with van der Waals surface area (Å²) in [6.45, 7) is 0.0541. The van der Waals surface area contributed by atoms with E-state index >= 15 is 0 Å². The van der Waals surface area contributed by atoms with Gasteiger partial charge in [0, 0.05) is 27.0 Å². The fraction of sp³-hybridized carbons (Fsp3) is 0.143. The highest BCUT2D eigenvalue weighted by molar-refractivity contribution is 9.08. The number of hydrogen-bond acceptors (Lipinski definition) is 3. The molecule has 2 aromatic carbocycles. The number of ether oxygens (including phenoxy) is 1. The molecule has 4 nitrogen and oxygen atoms in total. The quantitative estimate of drug-likeness (QED) is 0.391. The van der Waals surface area contributed by atoms with Gasteiger partial charge in [0.1, 0.15) is 12.4 Å². The molecule has 0 saturated carbocycles. The van der Waals surface area contributed by atoms with Crippen LogP contribution in [0, 0.1) is 10.1 Å². The van der Waals surface area contributed by atoms with Gasteiger partial charge in [-0.1, -0.05) is 39.1 Å². The van der Waals surface area contributed by atoms with Crippen LogP contribution in [-0.2, 0) is 11.9 Å². The summed E-state index contributed by atoms with van der Waals surface area (Å²) in [4.78, 5) is 10.5. The van der Waals surface area contributed by atoms with Gasteiger partial charge in [0.05, 0.1) is 10.5 Å². The van der Waals surface area contributed by atoms with E-state index in [1.807, 2.05) is 0 Å². The van der Waals surface area contributed by atoms with E-state index in [1.165, 1.54) is 18.2 Å². The second-order valence-corrected chi connectivity index (χ2v) is 5.64. The van der Waals surface area contributed by atoms with Crippen molar-refractivity contribution < 1.29 is 9.66 Å². The first kappa shape index (κ1) is 16.1. The van der Waals surface area contributed by atoms with Gasteiger partial charge in [-0.3, -0.25) is 10.1 Å². The van der Waals surface area contributed by atoms with Crippen LogP contribution < -0.4 is 4.74 Å². The van der Waals surface area contributed by atoms with Crippen LogP contribution in [0.25, 0.3) is 0 Å². The predicted octanol–water partition coefficient (Wildman–Crippen LogP) is 5.38. The summed E-state index contributed by atoms with van der Waals surface area (Å²) in [6.07, 6.45) is 0. The number of nitro benzene ring substituents is 1. The zero-order chi connectivity index (χ0) is 15.4. The molecular weight excluding hydrogens is 381 g/mol. The number of halogens is 3. The van der Waals surface area contributed by atoms with Gasteiger partial charge in [-0.2, -0.15) is 0 Å². The molecule has 0 heterocycles. The SMILES string of the molecule is O=[N+]([O-])c1ccc(Cl)cc1COc1ccc(Cl)cc1CBr. The van der Waals surface area contributed by atoms with E-state index in [1.54, 1.807) is 18.2 Å². The summed E-state index contributed by atoms with van der Waals surface area (Å²) in [7, 11) is 0. The van der Waals surface area contributed by atoms with E-state index in [9.17, 15) is 10.1 Å².